The Kier molecular flexibility index (Phi) is 7.39. The lowest BCUT2D eigenvalue weighted by Gasteiger charge is -2.09. The van der Waals surface area contributed by atoms with Crippen LogP contribution in [-0.2, 0) is 11.4 Å². The van der Waals surface area contributed by atoms with E-state index in [1.807, 2.05) is 24.3 Å². The number of halogens is 3. The fourth-order valence-electron chi connectivity index (χ4n) is 2.51. The zero-order valence-electron chi connectivity index (χ0n) is 15.5. The smallest absolute Gasteiger partial charge is 0.266 e. The summed E-state index contributed by atoms with van der Waals surface area (Å²) >= 11 is 6.92. The van der Waals surface area contributed by atoms with E-state index in [9.17, 15) is 14.4 Å². The molecule has 0 unspecified atom stereocenters. The predicted octanol–water partition coefficient (Wildman–Crippen LogP) is 6.48. The van der Waals surface area contributed by atoms with Crippen LogP contribution in [0, 0.1) is 17.1 Å². The molecule has 0 aromatic heterocycles. The lowest BCUT2D eigenvalue weighted by molar-refractivity contribution is -0.112. The summed E-state index contributed by atoms with van der Waals surface area (Å²) in [7, 11) is 0. The second-order valence-electron chi connectivity index (χ2n) is 6.22. The summed E-state index contributed by atoms with van der Waals surface area (Å²) in [6, 6.07) is 20.1. The van der Waals surface area contributed by atoms with E-state index in [2.05, 4.69) is 37.2 Å². The van der Waals surface area contributed by atoms with Crippen LogP contribution in [0.5, 0.6) is 5.75 Å². The lowest BCUT2D eigenvalue weighted by Crippen LogP contribution is -2.13. The van der Waals surface area contributed by atoms with Gasteiger partial charge >= 0.3 is 0 Å². The molecule has 0 atom stereocenters. The Morgan fingerprint density at radius 2 is 1.77 bits per heavy atom. The highest BCUT2D eigenvalue weighted by Crippen LogP contribution is 2.24. The van der Waals surface area contributed by atoms with Gasteiger partial charge in [-0.1, -0.05) is 50.1 Å². The summed E-state index contributed by atoms with van der Waals surface area (Å²) in [5.74, 6) is -0.306. The van der Waals surface area contributed by atoms with Gasteiger partial charge in [-0.3, -0.25) is 4.79 Å². The van der Waals surface area contributed by atoms with Crippen molar-refractivity contribution in [2.24, 2.45) is 0 Å². The van der Waals surface area contributed by atoms with Gasteiger partial charge < -0.3 is 10.1 Å². The predicted molar refractivity (Wildman–Crippen MR) is 121 cm³/mol. The fraction of sp³-hybridized carbons (Fsp3) is 0.0435. The Hall–Kier alpha value is -2.95. The molecule has 0 aliphatic carbocycles. The standard InChI is InChI=1S/C23H15Br2FN2O2/c24-18-4-3-16(22(25)12-18)14-30-21-9-1-15(2-10-21)11-17(13-27)23(29)28-20-7-5-19(26)6-8-20/h1-12H,14H2,(H,28,29)/b17-11-. The molecule has 0 radical (unpaired) electrons. The number of rotatable bonds is 6. The first kappa shape index (κ1) is 21.8. The minimum absolute atomic E-state index is 0.0632. The van der Waals surface area contributed by atoms with E-state index in [4.69, 9.17) is 4.74 Å². The van der Waals surface area contributed by atoms with E-state index in [0.29, 0.717) is 23.6 Å². The molecule has 0 saturated carbocycles. The molecule has 0 aliphatic rings. The molecule has 0 spiro atoms. The largest absolute Gasteiger partial charge is 0.489 e. The van der Waals surface area contributed by atoms with Gasteiger partial charge in [-0.05, 0) is 60.2 Å². The van der Waals surface area contributed by atoms with Gasteiger partial charge in [0.05, 0.1) is 0 Å². The van der Waals surface area contributed by atoms with E-state index < -0.39 is 11.7 Å². The molecule has 0 aliphatic heterocycles. The zero-order chi connectivity index (χ0) is 21.5. The van der Waals surface area contributed by atoms with Crippen molar-refractivity contribution in [1.82, 2.24) is 0 Å². The zero-order valence-corrected chi connectivity index (χ0v) is 18.7. The molecule has 0 heterocycles. The summed E-state index contributed by atoms with van der Waals surface area (Å²) in [4.78, 5) is 12.3. The van der Waals surface area contributed by atoms with Crippen molar-refractivity contribution in [3.8, 4) is 11.8 Å². The topological polar surface area (TPSA) is 62.1 Å². The molecular formula is C23H15Br2FN2O2. The Labute approximate surface area is 190 Å². The average molecular weight is 530 g/mol. The maximum absolute atomic E-state index is 13.0. The van der Waals surface area contributed by atoms with E-state index in [1.54, 1.807) is 24.3 Å². The number of nitrogens with zero attached hydrogens (tertiary/aromatic N) is 1. The third kappa shape index (κ3) is 6.02. The maximum atomic E-state index is 13.0. The van der Waals surface area contributed by atoms with Crippen LogP contribution in [0.15, 0.2) is 81.2 Å². The lowest BCUT2D eigenvalue weighted by atomic mass is 10.1. The van der Waals surface area contributed by atoms with Gasteiger partial charge in [0, 0.05) is 20.2 Å². The number of carbonyl (C=O) groups excluding carboxylic acids is 1. The molecule has 4 nitrogen and oxygen atoms in total. The summed E-state index contributed by atoms with van der Waals surface area (Å²) in [5.41, 5.74) is 2.03. The van der Waals surface area contributed by atoms with Gasteiger partial charge in [-0.25, -0.2) is 4.39 Å². The number of anilines is 1. The maximum Gasteiger partial charge on any atom is 0.266 e. The summed E-state index contributed by atoms with van der Waals surface area (Å²) < 4.78 is 20.7. The van der Waals surface area contributed by atoms with Crippen molar-refractivity contribution < 1.29 is 13.9 Å². The van der Waals surface area contributed by atoms with Crippen LogP contribution in [-0.4, -0.2) is 5.91 Å². The second kappa shape index (κ2) is 10.2. The van der Waals surface area contributed by atoms with Crippen molar-refractivity contribution in [2.45, 2.75) is 6.61 Å². The monoisotopic (exact) mass is 528 g/mol. The second-order valence-corrected chi connectivity index (χ2v) is 7.99. The van der Waals surface area contributed by atoms with Crippen LogP contribution in [0.1, 0.15) is 11.1 Å². The number of hydrogen-bond acceptors (Lipinski definition) is 3. The molecule has 7 heteroatoms. The van der Waals surface area contributed by atoms with Crippen molar-refractivity contribution in [1.29, 1.82) is 5.26 Å². The van der Waals surface area contributed by atoms with Gasteiger partial charge in [-0.2, -0.15) is 5.26 Å². The van der Waals surface area contributed by atoms with Crippen LogP contribution in [0.4, 0.5) is 10.1 Å². The highest BCUT2D eigenvalue weighted by molar-refractivity contribution is 9.11. The number of amides is 1. The molecule has 3 rings (SSSR count). The quantitative estimate of drug-likeness (QED) is 0.294. The molecule has 0 bridgehead atoms. The Balaban J connectivity index is 1.65. The van der Waals surface area contributed by atoms with Crippen molar-refractivity contribution in [2.75, 3.05) is 5.32 Å². The van der Waals surface area contributed by atoms with E-state index in [1.165, 1.54) is 30.3 Å². The molecule has 3 aromatic rings. The van der Waals surface area contributed by atoms with Gasteiger partial charge in [0.2, 0.25) is 0 Å². The van der Waals surface area contributed by atoms with Crippen LogP contribution in [0.3, 0.4) is 0 Å². The molecule has 0 fully saturated rings. The fourth-order valence-corrected chi connectivity index (χ4v) is 3.67. The Morgan fingerprint density at radius 3 is 2.40 bits per heavy atom. The first-order valence-corrected chi connectivity index (χ1v) is 10.4. The minimum atomic E-state index is -0.565. The van der Waals surface area contributed by atoms with Crippen molar-refractivity contribution >= 4 is 49.5 Å². The third-order valence-corrected chi connectivity index (χ3v) is 5.30. The SMILES string of the molecule is N#C/C(=C/c1ccc(OCc2ccc(Br)cc2Br)cc1)C(=O)Nc1ccc(F)cc1. The summed E-state index contributed by atoms with van der Waals surface area (Å²) in [6.07, 6.45) is 1.48. The highest BCUT2D eigenvalue weighted by Gasteiger charge is 2.10. The number of nitriles is 1. The number of ether oxygens (including phenoxy) is 1. The number of hydrogen-bond donors (Lipinski definition) is 1. The van der Waals surface area contributed by atoms with Crippen LogP contribution < -0.4 is 10.1 Å². The Morgan fingerprint density at radius 1 is 1.07 bits per heavy atom. The minimum Gasteiger partial charge on any atom is -0.489 e. The average Bonchev–Trinajstić information content (AvgIpc) is 2.74. The van der Waals surface area contributed by atoms with Crippen molar-refractivity contribution in [3.63, 3.8) is 0 Å². The molecule has 1 N–H and O–H groups in total. The van der Waals surface area contributed by atoms with Crippen LogP contribution in [0.25, 0.3) is 6.08 Å². The molecular weight excluding hydrogens is 515 g/mol. The van der Waals surface area contributed by atoms with E-state index in [0.717, 1.165) is 14.5 Å². The number of carbonyl (C=O) groups is 1. The van der Waals surface area contributed by atoms with Gasteiger partial charge in [0.25, 0.3) is 5.91 Å². The van der Waals surface area contributed by atoms with Crippen LogP contribution >= 0.6 is 31.9 Å². The molecule has 3 aromatic carbocycles. The normalized spacial score (nSPS) is 10.9. The van der Waals surface area contributed by atoms with Gasteiger partial charge in [0.1, 0.15) is 29.8 Å². The van der Waals surface area contributed by atoms with E-state index >= 15 is 0 Å². The van der Waals surface area contributed by atoms with Gasteiger partial charge in [0.15, 0.2) is 0 Å². The molecule has 150 valence electrons. The Bertz CT molecular complexity index is 1120. The first-order valence-electron chi connectivity index (χ1n) is 8.80. The molecule has 1 amide bonds. The summed E-state index contributed by atoms with van der Waals surface area (Å²) in [6.45, 7) is 0.395. The number of benzene rings is 3. The van der Waals surface area contributed by atoms with Gasteiger partial charge in [-0.15, -0.1) is 0 Å². The highest BCUT2D eigenvalue weighted by atomic mass is 79.9. The van der Waals surface area contributed by atoms with Crippen LogP contribution in [0.2, 0.25) is 0 Å². The van der Waals surface area contributed by atoms with E-state index in [-0.39, 0.29) is 5.57 Å². The van der Waals surface area contributed by atoms with Crippen molar-refractivity contribution in [3.05, 3.63) is 98.2 Å². The third-order valence-electron chi connectivity index (χ3n) is 4.07. The first-order chi connectivity index (χ1) is 14.4. The summed E-state index contributed by atoms with van der Waals surface area (Å²) in [5, 5.41) is 11.9. The number of nitrogens with one attached hydrogen (secondary N) is 1. The molecule has 0 saturated heterocycles. The molecule has 30 heavy (non-hydrogen) atoms.